The molecule has 2 heterocycles. The van der Waals surface area contributed by atoms with Gasteiger partial charge in [-0.05, 0) is 42.6 Å². The third-order valence-corrected chi connectivity index (χ3v) is 4.72. The molecule has 0 N–H and O–H groups in total. The van der Waals surface area contributed by atoms with Crippen LogP contribution in [0, 0.1) is 0 Å². The molecule has 2 aromatic carbocycles. The minimum absolute atomic E-state index is 1.14. The highest BCUT2D eigenvalue weighted by Gasteiger charge is 2.16. The van der Waals surface area contributed by atoms with Crippen LogP contribution in [0.5, 0.6) is 0 Å². The molecule has 2 heteroatoms. The van der Waals surface area contributed by atoms with Gasteiger partial charge in [-0.1, -0.05) is 49.4 Å². The molecule has 0 bridgehead atoms. The topological polar surface area (TPSA) is 6.48 Å². The van der Waals surface area contributed by atoms with E-state index in [-0.39, 0.29) is 0 Å². The quantitative estimate of drug-likeness (QED) is 0.823. The van der Waals surface area contributed by atoms with Crippen LogP contribution in [0.4, 0.5) is 5.69 Å². The molecule has 0 saturated carbocycles. The van der Waals surface area contributed by atoms with Gasteiger partial charge in [0, 0.05) is 31.9 Å². The van der Waals surface area contributed by atoms with Gasteiger partial charge in [0.2, 0.25) is 0 Å². The molecule has 2 aliphatic rings. The number of fused-ring (bicyclic) bond motifs is 2. The molecule has 0 aromatic heterocycles. The third-order valence-electron chi connectivity index (χ3n) is 4.72. The number of nitrogens with zero attached hydrogens (tertiary/aromatic N) is 2. The van der Waals surface area contributed by atoms with Crippen LogP contribution in [-0.4, -0.2) is 24.5 Å². The zero-order valence-electron chi connectivity index (χ0n) is 13.8. The normalized spacial score (nSPS) is 16.0. The Bertz CT molecular complexity index is 596. The van der Waals surface area contributed by atoms with Crippen molar-refractivity contribution in [3.05, 3.63) is 65.2 Å². The van der Waals surface area contributed by atoms with Crippen molar-refractivity contribution in [3.63, 3.8) is 0 Å². The van der Waals surface area contributed by atoms with Crippen LogP contribution in [0.15, 0.2) is 48.5 Å². The SMILES string of the molecule is CCN1CCc2ccccc21.CCN1Cc2ccccc2C1. The summed E-state index contributed by atoms with van der Waals surface area (Å²) in [5.74, 6) is 0. The second-order valence-electron chi connectivity index (χ2n) is 6.03. The summed E-state index contributed by atoms with van der Waals surface area (Å²) >= 11 is 0. The van der Waals surface area contributed by atoms with Gasteiger partial charge in [0.05, 0.1) is 0 Å². The highest BCUT2D eigenvalue weighted by atomic mass is 15.1. The number of benzene rings is 2. The largest absolute Gasteiger partial charge is 0.371 e. The van der Waals surface area contributed by atoms with E-state index in [4.69, 9.17) is 0 Å². The maximum atomic E-state index is 2.45. The van der Waals surface area contributed by atoms with Crippen molar-refractivity contribution in [3.8, 4) is 0 Å². The number of hydrogen-bond donors (Lipinski definition) is 0. The Morgan fingerprint density at radius 1 is 0.773 bits per heavy atom. The smallest absolute Gasteiger partial charge is 0.0399 e. The van der Waals surface area contributed by atoms with E-state index in [9.17, 15) is 0 Å². The van der Waals surface area contributed by atoms with Crippen LogP contribution in [-0.2, 0) is 19.5 Å². The fourth-order valence-corrected chi connectivity index (χ4v) is 3.36. The first kappa shape index (κ1) is 15.1. The van der Waals surface area contributed by atoms with E-state index < -0.39 is 0 Å². The van der Waals surface area contributed by atoms with E-state index in [1.165, 1.54) is 35.3 Å². The molecule has 116 valence electrons. The van der Waals surface area contributed by atoms with Crippen LogP contribution < -0.4 is 4.90 Å². The first-order chi connectivity index (χ1) is 10.8. The Kier molecular flexibility index (Phi) is 4.79. The molecule has 0 radical (unpaired) electrons. The van der Waals surface area contributed by atoms with Crippen LogP contribution in [0.1, 0.15) is 30.5 Å². The van der Waals surface area contributed by atoms with E-state index in [1.807, 2.05) is 0 Å². The van der Waals surface area contributed by atoms with Gasteiger partial charge in [-0.3, -0.25) is 4.90 Å². The second-order valence-corrected chi connectivity index (χ2v) is 6.03. The number of anilines is 1. The molecular weight excluding hydrogens is 268 g/mol. The predicted octanol–water partition coefficient (Wildman–Crippen LogP) is 4.09. The monoisotopic (exact) mass is 294 g/mol. The molecule has 0 saturated heterocycles. The lowest BCUT2D eigenvalue weighted by molar-refractivity contribution is 0.301. The van der Waals surface area contributed by atoms with Crippen molar-refractivity contribution in [1.82, 2.24) is 4.90 Å². The van der Waals surface area contributed by atoms with Gasteiger partial charge in [0.1, 0.15) is 0 Å². The first-order valence-electron chi connectivity index (χ1n) is 8.43. The molecule has 0 aliphatic carbocycles. The van der Waals surface area contributed by atoms with E-state index in [1.54, 1.807) is 0 Å². The molecule has 0 atom stereocenters. The summed E-state index contributed by atoms with van der Waals surface area (Å²) in [4.78, 5) is 4.88. The highest BCUT2D eigenvalue weighted by molar-refractivity contribution is 5.57. The van der Waals surface area contributed by atoms with Crippen molar-refractivity contribution < 1.29 is 0 Å². The van der Waals surface area contributed by atoms with Gasteiger partial charge in [0.25, 0.3) is 0 Å². The fourth-order valence-electron chi connectivity index (χ4n) is 3.36. The maximum Gasteiger partial charge on any atom is 0.0399 e. The minimum atomic E-state index is 1.14. The van der Waals surface area contributed by atoms with Gasteiger partial charge in [-0.15, -0.1) is 0 Å². The number of hydrogen-bond acceptors (Lipinski definition) is 2. The number of para-hydroxylation sites is 1. The lowest BCUT2D eigenvalue weighted by Crippen LogP contribution is -2.18. The van der Waals surface area contributed by atoms with E-state index in [0.717, 1.165) is 26.2 Å². The summed E-state index contributed by atoms with van der Waals surface area (Å²) in [6.45, 7) is 10.2. The number of rotatable bonds is 2. The molecule has 0 spiro atoms. The first-order valence-corrected chi connectivity index (χ1v) is 8.43. The summed E-state index contributed by atoms with van der Waals surface area (Å²) in [5, 5.41) is 0. The standard InChI is InChI=1S/2C10H13N/c1-2-11-7-9-5-3-4-6-10(9)8-11;1-2-11-8-7-9-5-3-4-6-10(9)11/h2*3-6H,2,7-8H2,1H3. The van der Waals surface area contributed by atoms with Crippen molar-refractivity contribution in [2.75, 3.05) is 24.5 Å². The number of likely N-dealkylation sites (N-methyl/N-ethyl adjacent to an activating group) is 1. The Morgan fingerprint density at radius 2 is 1.36 bits per heavy atom. The summed E-state index contributed by atoms with van der Waals surface area (Å²) < 4.78 is 0. The minimum Gasteiger partial charge on any atom is -0.371 e. The molecule has 2 aliphatic heterocycles. The van der Waals surface area contributed by atoms with Gasteiger partial charge in [-0.2, -0.15) is 0 Å². The Balaban J connectivity index is 0.000000131. The molecule has 2 aromatic rings. The maximum absolute atomic E-state index is 2.45. The lowest BCUT2D eigenvalue weighted by atomic mass is 10.1. The molecular formula is C20H26N2. The molecule has 22 heavy (non-hydrogen) atoms. The third kappa shape index (κ3) is 3.17. The average Bonchev–Trinajstić information content (AvgIpc) is 3.18. The van der Waals surface area contributed by atoms with E-state index >= 15 is 0 Å². The second kappa shape index (κ2) is 6.97. The molecule has 2 nitrogen and oxygen atoms in total. The highest BCUT2D eigenvalue weighted by Crippen LogP contribution is 2.26. The Morgan fingerprint density at radius 3 is 1.95 bits per heavy atom. The summed E-state index contributed by atoms with van der Waals surface area (Å²) in [6, 6.07) is 17.4. The van der Waals surface area contributed by atoms with Gasteiger partial charge in [-0.25, -0.2) is 0 Å². The lowest BCUT2D eigenvalue weighted by Gasteiger charge is -2.15. The van der Waals surface area contributed by atoms with Crippen LogP contribution >= 0.6 is 0 Å². The summed E-state index contributed by atoms with van der Waals surface area (Å²) in [7, 11) is 0. The van der Waals surface area contributed by atoms with Gasteiger partial charge < -0.3 is 4.90 Å². The average molecular weight is 294 g/mol. The van der Waals surface area contributed by atoms with Crippen LogP contribution in [0.2, 0.25) is 0 Å². The molecule has 0 fully saturated rings. The van der Waals surface area contributed by atoms with E-state index in [2.05, 4.69) is 72.2 Å². The Hall–Kier alpha value is -1.80. The molecule has 4 rings (SSSR count). The Labute approximate surface area is 134 Å². The van der Waals surface area contributed by atoms with Crippen molar-refractivity contribution >= 4 is 5.69 Å². The molecule has 0 amide bonds. The summed E-state index contributed by atoms with van der Waals surface area (Å²) in [6.07, 6.45) is 1.23. The zero-order chi connectivity index (χ0) is 15.4. The van der Waals surface area contributed by atoms with Crippen molar-refractivity contribution in [2.24, 2.45) is 0 Å². The molecule has 0 unspecified atom stereocenters. The zero-order valence-corrected chi connectivity index (χ0v) is 13.8. The van der Waals surface area contributed by atoms with E-state index in [0.29, 0.717) is 0 Å². The summed E-state index contributed by atoms with van der Waals surface area (Å²) in [5.41, 5.74) is 5.97. The van der Waals surface area contributed by atoms with Crippen LogP contribution in [0.25, 0.3) is 0 Å². The predicted molar refractivity (Wildman–Crippen MR) is 94.3 cm³/mol. The van der Waals surface area contributed by atoms with Crippen molar-refractivity contribution in [1.29, 1.82) is 0 Å². The fraction of sp³-hybridized carbons (Fsp3) is 0.400. The van der Waals surface area contributed by atoms with Crippen LogP contribution in [0.3, 0.4) is 0 Å². The van der Waals surface area contributed by atoms with Crippen molar-refractivity contribution in [2.45, 2.75) is 33.4 Å². The van der Waals surface area contributed by atoms with Gasteiger partial charge >= 0.3 is 0 Å². The van der Waals surface area contributed by atoms with Gasteiger partial charge in [0.15, 0.2) is 0 Å².